The van der Waals surface area contributed by atoms with Crippen LogP contribution in [-0.2, 0) is 0 Å². The Balaban J connectivity index is 2.94. The Hall–Kier alpha value is -0.890. The van der Waals surface area contributed by atoms with Gasteiger partial charge in [0.2, 0.25) is 0 Å². The second kappa shape index (κ2) is 5.63. The summed E-state index contributed by atoms with van der Waals surface area (Å²) in [6.45, 7) is 11.0. The molecule has 0 bridgehead atoms. The van der Waals surface area contributed by atoms with Crippen molar-refractivity contribution in [2.24, 2.45) is 5.41 Å². The highest BCUT2D eigenvalue weighted by molar-refractivity contribution is 5.21. The maximum absolute atomic E-state index is 13.0. The molecular weight excluding hydrogens is 213 g/mol. The highest BCUT2D eigenvalue weighted by Crippen LogP contribution is 2.33. The predicted molar refractivity (Wildman–Crippen MR) is 71.5 cm³/mol. The van der Waals surface area contributed by atoms with E-state index in [1.807, 2.05) is 12.1 Å². The number of hydrogen-bond acceptors (Lipinski definition) is 1. The van der Waals surface area contributed by atoms with Gasteiger partial charge in [0, 0.05) is 12.1 Å². The Labute approximate surface area is 104 Å². The lowest BCUT2D eigenvalue weighted by atomic mass is 9.82. The molecule has 2 unspecified atom stereocenters. The molecule has 0 saturated carbocycles. The summed E-state index contributed by atoms with van der Waals surface area (Å²) in [5, 5.41) is 3.62. The zero-order valence-electron chi connectivity index (χ0n) is 11.5. The third-order valence-corrected chi connectivity index (χ3v) is 3.13. The van der Waals surface area contributed by atoms with E-state index in [1.54, 1.807) is 0 Å². The zero-order valence-corrected chi connectivity index (χ0v) is 11.5. The Morgan fingerprint density at radius 2 is 1.71 bits per heavy atom. The Morgan fingerprint density at radius 1 is 1.18 bits per heavy atom. The quantitative estimate of drug-likeness (QED) is 0.823. The minimum atomic E-state index is -0.176. The van der Waals surface area contributed by atoms with Crippen LogP contribution in [0.2, 0.25) is 0 Å². The topological polar surface area (TPSA) is 12.0 Å². The van der Waals surface area contributed by atoms with E-state index in [9.17, 15) is 4.39 Å². The van der Waals surface area contributed by atoms with Crippen molar-refractivity contribution in [3.05, 3.63) is 35.6 Å². The average molecular weight is 237 g/mol. The molecule has 0 spiro atoms. The van der Waals surface area contributed by atoms with E-state index in [0.29, 0.717) is 6.04 Å². The highest BCUT2D eigenvalue weighted by Gasteiger charge is 2.26. The number of halogens is 1. The molecule has 1 rings (SSSR count). The number of nitrogens with one attached hydrogen (secondary N) is 1. The first-order valence-corrected chi connectivity index (χ1v) is 6.36. The van der Waals surface area contributed by atoms with Crippen LogP contribution in [0.1, 0.15) is 52.6 Å². The van der Waals surface area contributed by atoms with Crippen molar-refractivity contribution in [1.29, 1.82) is 0 Å². The first-order chi connectivity index (χ1) is 7.84. The van der Waals surface area contributed by atoms with Gasteiger partial charge in [0.05, 0.1) is 0 Å². The monoisotopic (exact) mass is 237 g/mol. The largest absolute Gasteiger partial charge is 0.307 e. The molecule has 17 heavy (non-hydrogen) atoms. The number of benzene rings is 1. The molecule has 2 atom stereocenters. The predicted octanol–water partition coefficient (Wildman–Crippen LogP) is 4.30. The minimum absolute atomic E-state index is 0.112. The van der Waals surface area contributed by atoms with Crippen molar-refractivity contribution < 1.29 is 4.39 Å². The van der Waals surface area contributed by atoms with Gasteiger partial charge in [-0.1, -0.05) is 39.8 Å². The molecule has 2 heteroatoms. The third kappa shape index (κ3) is 4.12. The van der Waals surface area contributed by atoms with Gasteiger partial charge in [0.15, 0.2) is 0 Å². The van der Waals surface area contributed by atoms with E-state index in [0.717, 1.165) is 12.0 Å². The molecule has 1 nitrogen and oxygen atoms in total. The van der Waals surface area contributed by atoms with Crippen LogP contribution in [0.25, 0.3) is 0 Å². The van der Waals surface area contributed by atoms with Crippen molar-refractivity contribution in [3.8, 4) is 0 Å². The van der Waals surface area contributed by atoms with Gasteiger partial charge in [-0.2, -0.15) is 0 Å². The van der Waals surface area contributed by atoms with Crippen molar-refractivity contribution >= 4 is 0 Å². The number of hydrogen-bond donors (Lipinski definition) is 1. The van der Waals surface area contributed by atoms with E-state index in [2.05, 4.69) is 39.9 Å². The van der Waals surface area contributed by atoms with E-state index >= 15 is 0 Å². The maximum Gasteiger partial charge on any atom is 0.123 e. The fraction of sp³-hybridized carbons (Fsp3) is 0.600. The van der Waals surface area contributed by atoms with Gasteiger partial charge in [-0.3, -0.25) is 0 Å². The molecule has 0 fully saturated rings. The van der Waals surface area contributed by atoms with Crippen LogP contribution in [0.15, 0.2) is 24.3 Å². The van der Waals surface area contributed by atoms with E-state index in [-0.39, 0.29) is 17.3 Å². The van der Waals surface area contributed by atoms with Crippen LogP contribution >= 0.6 is 0 Å². The first-order valence-electron chi connectivity index (χ1n) is 6.36. The second-order valence-electron chi connectivity index (χ2n) is 5.83. The molecule has 0 aliphatic heterocycles. The first kappa shape index (κ1) is 14.2. The van der Waals surface area contributed by atoms with Gasteiger partial charge in [-0.05, 0) is 36.5 Å². The lowest BCUT2D eigenvalue weighted by molar-refractivity contribution is 0.251. The normalized spacial score (nSPS) is 15.6. The summed E-state index contributed by atoms with van der Waals surface area (Å²) in [4.78, 5) is 0. The standard InChI is InChI=1S/C15H24FN/c1-6-11(2)17-14(15(3,4)5)12-7-9-13(16)10-8-12/h7-11,14,17H,6H2,1-5H3. The fourth-order valence-electron chi connectivity index (χ4n) is 1.90. The summed E-state index contributed by atoms with van der Waals surface area (Å²) in [5.41, 5.74) is 1.26. The molecule has 1 N–H and O–H groups in total. The van der Waals surface area contributed by atoms with Crippen LogP contribution in [0, 0.1) is 11.2 Å². The lowest BCUT2D eigenvalue weighted by Gasteiger charge is -2.34. The van der Waals surface area contributed by atoms with Crippen molar-refractivity contribution in [2.45, 2.75) is 53.1 Å². The second-order valence-corrected chi connectivity index (χ2v) is 5.83. The van der Waals surface area contributed by atoms with E-state index < -0.39 is 0 Å². The van der Waals surface area contributed by atoms with Gasteiger partial charge in [-0.15, -0.1) is 0 Å². The molecule has 0 heterocycles. The van der Waals surface area contributed by atoms with Crippen molar-refractivity contribution in [3.63, 3.8) is 0 Å². The van der Waals surface area contributed by atoms with Crippen LogP contribution < -0.4 is 5.32 Å². The van der Waals surface area contributed by atoms with Gasteiger partial charge in [0.1, 0.15) is 5.82 Å². The van der Waals surface area contributed by atoms with Gasteiger partial charge in [-0.25, -0.2) is 4.39 Å². The average Bonchev–Trinajstić information content (AvgIpc) is 2.25. The molecule has 0 amide bonds. The fourth-order valence-corrected chi connectivity index (χ4v) is 1.90. The molecule has 0 aromatic heterocycles. The minimum Gasteiger partial charge on any atom is -0.307 e. The van der Waals surface area contributed by atoms with Gasteiger partial charge >= 0.3 is 0 Å². The zero-order chi connectivity index (χ0) is 13.1. The van der Waals surface area contributed by atoms with E-state index in [1.165, 1.54) is 12.1 Å². The van der Waals surface area contributed by atoms with Crippen molar-refractivity contribution in [1.82, 2.24) is 5.32 Å². The summed E-state index contributed by atoms with van der Waals surface area (Å²) in [6, 6.07) is 7.53. The third-order valence-electron chi connectivity index (χ3n) is 3.13. The molecule has 1 aromatic rings. The van der Waals surface area contributed by atoms with Crippen LogP contribution in [0.4, 0.5) is 4.39 Å². The van der Waals surface area contributed by atoms with Crippen LogP contribution in [0.3, 0.4) is 0 Å². The lowest BCUT2D eigenvalue weighted by Crippen LogP contribution is -2.37. The summed E-state index contributed by atoms with van der Waals surface area (Å²) in [6.07, 6.45) is 1.09. The van der Waals surface area contributed by atoms with Crippen LogP contribution in [0.5, 0.6) is 0 Å². The van der Waals surface area contributed by atoms with Gasteiger partial charge < -0.3 is 5.32 Å². The molecule has 1 aromatic carbocycles. The van der Waals surface area contributed by atoms with Crippen LogP contribution in [-0.4, -0.2) is 6.04 Å². The number of rotatable bonds is 4. The van der Waals surface area contributed by atoms with Gasteiger partial charge in [0.25, 0.3) is 0 Å². The summed E-state index contributed by atoms with van der Waals surface area (Å²) < 4.78 is 13.0. The summed E-state index contributed by atoms with van der Waals surface area (Å²) in [5.74, 6) is -0.176. The molecular formula is C15H24FN. The summed E-state index contributed by atoms with van der Waals surface area (Å²) >= 11 is 0. The molecule has 0 aliphatic carbocycles. The maximum atomic E-state index is 13.0. The Morgan fingerprint density at radius 3 is 2.12 bits per heavy atom. The van der Waals surface area contributed by atoms with E-state index in [4.69, 9.17) is 0 Å². The van der Waals surface area contributed by atoms with Crippen molar-refractivity contribution in [2.75, 3.05) is 0 Å². The Bertz CT molecular complexity index is 337. The highest BCUT2D eigenvalue weighted by atomic mass is 19.1. The SMILES string of the molecule is CCC(C)NC(c1ccc(F)cc1)C(C)(C)C. The molecule has 0 saturated heterocycles. The summed E-state index contributed by atoms with van der Waals surface area (Å²) in [7, 11) is 0. The molecule has 0 radical (unpaired) electrons. The molecule has 96 valence electrons. The Kier molecular flexibility index (Phi) is 4.70. The molecule has 0 aliphatic rings. The smallest absolute Gasteiger partial charge is 0.123 e.